The first-order chi connectivity index (χ1) is 8.31. The van der Waals surface area contributed by atoms with Gasteiger partial charge in [-0.3, -0.25) is 0 Å². The van der Waals surface area contributed by atoms with Crippen LogP contribution in [0.4, 0.5) is 5.82 Å². The van der Waals surface area contributed by atoms with Gasteiger partial charge in [-0.2, -0.15) is 0 Å². The maximum atomic E-state index is 11.1. The molecule has 18 heavy (non-hydrogen) atoms. The molecule has 0 atom stereocenters. The third kappa shape index (κ3) is 2.98. The normalized spacial score (nSPS) is 11.4. The van der Waals surface area contributed by atoms with Crippen molar-refractivity contribution in [3.63, 3.8) is 0 Å². The molecule has 0 aliphatic heterocycles. The van der Waals surface area contributed by atoms with Gasteiger partial charge in [0.2, 0.25) is 0 Å². The minimum absolute atomic E-state index is 0.0378. The molecule has 0 aliphatic carbocycles. The van der Waals surface area contributed by atoms with Gasteiger partial charge in [0.15, 0.2) is 0 Å². The second-order valence-electron chi connectivity index (χ2n) is 4.89. The van der Waals surface area contributed by atoms with Crippen LogP contribution < -0.4 is 4.90 Å². The maximum absolute atomic E-state index is 11.1. The van der Waals surface area contributed by atoms with Crippen molar-refractivity contribution >= 4 is 11.8 Å². The quantitative estimate of drug-likeness (QED) is 0.831. The number of likely N-dealkylation sites (N-methyl/N-ethyl adjacent to an activating group) is 1. The van der Waals surface area contributed by atoms with E-state index in [9.17, 15) is 9.90 Å². The topological polar surface area (TPSA) is 73.7 Å². The Morgan fingerprint density at radius 1 is 1.44 bits per heavy atom. The summed E-state index contributed by atoms with van der Waals surface area (Å²) in [6, 6.07) is 3.10. The van der Waals surface area contributed by atoms with Crippen molar-refractivity contribution in [2.45, 2.75) is 32.7 Å². The minimum Gasteiger partial charge on any atom is -0.478 e. The average molecular weight is 252 g/mol. The predicted octanol–water partition coefficient (Wildman–Crippen LogP) is 1.55. The average Bonchev–Trinajstić information content (AvgIpc) is 2.36. The van der Waals surface area contributed by atoms with Gasteiger partial charge >= 0.3 is 5.97 Å². The van der Waals surface area contributed by atoms with Crippen molar-refractivity contribution in [2.24, 2.45) is 0 Å². The van der Waals surface area contributed by atoms with Gasteiger partial charge in [0, 0.05) is 12.7 Å². The second-order valence-corrected chi connectivity index (χ2v) is 4.89. The lowest BCUT2D eigenvalue weighted by molar-refractivity contribution is 0.0696. The fourth-order valence-corrected chi connectivity index (χ4v) is 1.46. The van der Waals surface area contributed by atoms with E-state index in [1.807, 2.05) is 20.8 Å². The number of rotatable bonds is 5. The molecule has 5 heteroatoms. The van der Waals surface area contributed by atoms with Gasteiger partial charge in [-0.1, -0.05) is 6.92 Å². The van der Waals surface area contributed by atoms with Crippen LogP contribution in [0, 0.1) is 0 Å². The van der Waals surface area contributed by atoms with Gasteiger partial charge in [0.1, 0.15) is 5.82 Å². The molecule has 1 aromatic heterocycles. The van der Waals surface area contributed by atoms with E-state index in [-0.39, 0.29) is 12.2 Å². The Morgan fingerprint density at radius 2 is 2.06 bits per heavy atom. The number of hydrogen-bond donors (Lipinski definition) is 2. The molecule has 0 spiro atoms. The first kappa shape index (κ1) is 14.4. The summed E-state index contributed by atoms with van der Waals surface area (Å²) in [5.41, 5.74) is 0.456. The number of nitrogens with zero attached hydrogens (tertiary/aromatic N) is 2. The Hall–Kier alpha value is -1.62. The highest BCUT2D eigenvalue weighted by Gasteiger charge is 2.24. The van der Waals surface area contributed by atoms with Gasteiger partial charge in [-0.15, -0.1) is 0 Å². The van der Waals surface area contributed by atoms with Crippen LogP contribution >= 0.6 is 0 Å². The van der Waals surface area contributed by atoms with Gasteiger partial charge in [-0.25, -0.2) is 9.78 Å². The van der Waals surface area contributed by atoms with Crippen LogP contribution in [0.3, 0.4) is 0 Å². The number of carbonyl (C=O) groups is 1. The van der Waals surface area contributed by atoms with Crippen LogP contribution in [0.1, 0.15) is 36.8 Å². The predicted molar refractivity (Wildman–Crippen MR) is 70.1 cm³/mol. The maximum Gasteiger partial charge on any atom is 0.335 e. The molecule has 1 rings (SSSR count). The monoisotopic (exact) mass is 252 g/mol. The molecular weight excluding hydrogens is 232 g/mol. The molecule has 0 radical (unpaired) electrons. The summed E-state index contributed by atoms with van der Waals surface area (Å²) in [5, 5.41) is 18.4. The van der Waals surface area contributed by atoms with Crippen LogP contribution in [0.5, 0.6) is 0 Å². The Bertz CT molecular complexity index is 444. The van der Waals surface area contributed by atoms with E-state index in [1.54, 1.807) is 18.0 Å². The van der Waals surface area contributed by atoms with Crippen LogP contribution in [0.2, 0.25) is 0 Å². The molecular formula is C13H20N2O3. The van der Waals surface area contributed by atoms with Crippen LogP contribution in [0.25, 0.3) is 0 Å². The van der Waals surface area contributed by atoms with Crippen LogP contribution in [0.15, 0.2) is 12.1 Å². The third-order valence-electron chi connectivity index (χ3n) is 3.11. The Kier molecular flexibility index (Phi) is 4.29. The van der Waals surface area contributed by atoms with E-state index in [2.05, 4.69) is 4.98 Å². The molecule has 0 aromatic carbocycles. The van der Waals surface area contributed by atoms with Crippen molar-refractivity contribution in [1.82, 2.24) is 4.98 Å². The lowest BCUT2D eigenvalue weighted by Gasteiger charge is -2.35. The largest absolute Gasteiger partial charge is 0.478 e. The van der Waals surface area contributed by atoms with Gasteiger partial charge in [0.25, 0.3) is 0 Å². The first-order valence-corrected chi connectivity index (χ1v) is 5.90. The zero-order chi connectivity index (χ0) is 13.9. The van der Waals surface area contributed by atoms with E-state index in [0.717, 1.165) is 5.69 Å². The molecule has 0 unspecified atom stereocenters. The van der Waals surface area contributed by atoms with E-state index in [4.69, 9.17) is 5.11 Å². The highest BCUT2D eigenvalue weighted by atomic mass is 16.4. The van der Waals surface area contributed by atoms with Gasteiger partial charge in [0.05, 0.1) is 17.7 Å². The summed E-state index contributed by atoms with van der Waals surface area (Å²) >= 11 is 0. The van der Waals surface area contributed by atoms with Crippen LogP contribution in [-0.4, -0.2) is 40.4 Å². The second kappa shape index (κ2) is 5.35. The molecule has 2 N–H and O–H groups in total. The zero-order valence-electron chi connectivity index (χ0n) is 11.3. The summed E-state index contributed by atoms with van der Waals surface area (Å²) < 4.78 is 0. The Labute approximate surface area is 107 Å². The van der Waals surface area contributed by atoms with E-state index >= 15 is 0 Å². The molecule has 0 aliphatic rings. The number of aliphatic hydroxyl groups excluding tert-OH is 1. The highest BCUT2D eigenvalue weighted by Crippen LogP contribution is 2.22. The molecule has 0 saturated heterocycles. The van der Waals surface area contributed by atoms with E-state index < -0.39 is 11.5 Å². The number of aliphatic hydroxyl groups is 1. The molecule has 0 fully saturated rings. The Balaban J connectivity index is 3.23. The summed E-state index contributed by atoms with van der Waals surface area (Å²) in [6.45, 7) is 5.63. The Morgan fingerprint density at radius 3 is 2.50 bits per heavy atom. The molecule has 0 amide bonds. The summed E-state index contributed by atoms with van der Waals surface area (Å²) in [7, 11) is 1.80. The van der Waals surface area contributed by atoms with E-state index in [0.29, 0.717) is 12.2 Å². The number of pyridine rings is 1. The number of anilines is 1. The molecule has 5 nitrogen and oxygen atoms in total. The number of hydrogen-bond acceptors (Lipinski definition) is 4. The van der Waals surface area contributed by atoms with Crippen molar-refractivity contribution in [2.75, 3.05) is 18.6 Å². The van der Waals surface area contributed by atoms with Crippen molar-refractivity contribution in [1.29, 1.82) is 0 Å². The number of carboxylic acids is 1. The van der Waals surface area contributed by atoms with Gasteiger partial charge < -0.3 is 15.1 Å². The standard InChI is InChI=1S/C13H20N2O3/c1-5-10-6-9(12(17)18)7-11(14-10)15(4)13(2,3)8-16/h6-7,16H,5,8H2,1-4H3,(H,17,18). The number of carboxylic acid groups (broad SMARTS) is 1. The van der Waals surface area contributed by atoms with Crippen molar-refractivity contribution < 1.29 is 15.0 Å². The zero-order valence-corrected chi connectivity index (χ0v) is 11.3. The fraction of sp³-hybridized carbons (Fsp3) is 0.538. The molecule has 1 aromatic rings. The first-order valence-electron chi connectivity index (χ1n) is 5.90. The fourth-order valence-electron chi connectivity index (χ4n) is 1.46. The van der Waals surface area contributed by atoms with Crippen LogP contribution in [-0.2, 0) is 6.42 Å². The molecule has 0 bridgehead atoms. The number of aromatic carboxylic acids is 1. The molecule has 1 heterocycles. The van der Waals surface area contributed by atoms with Crippen molar-refractivity contribution in [3.8, 4) is 0 Å². The summed E-state index contributed by atoms with van der Waals surface area (Å²) in [6.07, 6.45) is 0.668. The molecule has 100 valence electrons. The lowest BCUT2D eigenvalue weighted by atomic mass is 10.0. The highest BCUT2D eigenvalue weighted by molar-refractivity contribution is 5.88. The van der Waals surface area contributed by atoms with Crippen molar-refractivity contribution in [3.05, 3.63) is 23.4 Å². The SMILES string of the molecule is CCc1cc(C(=O)O)cc(N(C)C(C)(C)CO)n1. The smallest absolute Gasteiger partial charge is 0.335 e. The number of aryl methyl sites for hydroxylation is 1. The lowest BCUT2D eigenvalue weighted by Crippen LogP contribution is -2.45. The van der Waals surface area contributed by atoms with E-state index in [1.165, 1.54) is 6.07 Å². The van der Waals surface area contributed by atoms with Gasteiger partial charge in [-0.05, 0) is 32.4 Å². The third-order valence-corrected chi connectivity index (χ3v) is 3.11. The summed E-state index contributed by atoms with van der Waals surface area (Å²) in [4.78, 5) is 17.3. The molecule has 0 saturated carbocycles. The minimum atomic E-state index is -0.969. The summed E-state index contributed by atoms with van der Waals surface area (Å²) in [5.74, 6) is -0.408. The number of aromatic nitrogens is 1.